The van der Waals surface area contributed by atoms with Gasteiger partial charge in [0.2, 0.25) is 0 Å². The maximum Gasteiger partial charge on any atom is 0.0844 e. The van der Waals surface area contributed by atoms with E-state index in [1.807, 2.05) is 0 Å². The van der Waals surface area contributed by atoms with Crippen LogP contribution in [0.1, 0.15) is 91.9 Å². The molecule has 0 aromatic rings. The summed E-state index contributed by atoms with van der Waals surface area (Å²) in [6.07, 6.45) is 15.2. The molecule has 144 valence electrons. The van der Waals surface area contributed by atoms with Gasteiger partial charge in [0.05, 0.1) is 35.6 Å². The van der Waals surface area contributed by atoms with E-state index in [9.17, 15) is 0 Å². The monoisotopic (exact) mass is 350 g/mol. The van der Waals surface area contributed by atoms with Crippen molar-refractivity contribution in [2.24, 2.45) is 11.8 Å². The quantitative estimate of drug-likeness (QED) is 0.560. The van der Waals surface area contributed by atoms with Crippen LogP contribution in [0.25, 0.3) is 0 Å². The lowest BCUT2D eigenvalue weighted by atomic mass is 9.82. The summed E-state index contributed by atoms with van der Waals surface area (Å²) in [4.78, 5) is 0. The standard InChI is InChI=1S/C22H38O3/c1-21(2,11-9-15-5-7-17-19(13-15)23-17)25-22(3,4)12-10-16-6-8-18-20(14-16)24-18/h15-20H,5-14H2,1-4H3. The van der Waals surface area contributed by atoms with Crippen molar-refractivity contribution in [1.82, 2.24) is 0 Å². The van der Waals surface area contributed by atoms with Gasteiger partial charge in [-0.25, -0.2) is 0 Å². The van der Waals surface area contributed by atoms with Gasteiger partial charge < -0.3 is 14.2 Å². The number of ether oxygens (including phenoxy) is 3. The van der Waals surface area contributed by atoms with Crippen LogP contribution in [0.5, 0.6) is 0 Å². The van der Waals surface area contributed by atoms with Crippen LogP contribution in [0, 0.1) is 11.8 Å². The van der Waals surface area contributed by atoms with Crippen LogP contribution >= 0.6 is 0 Å². The minimum Gasteiger partial charge on any atom is -0.370 e. The Kier molecular flexibility index (Phi) is 4.96. The molecule has 2 saturated heterocycles. The molecule has 0 aromatic heterocycles. The van der Waals surface area contributed by atoms with Gasteiger partial charge in [0.25, 0.3) is 0 Å². The summed E-state index contributed by atoms with van der Waals surface area (Å²) in [5.41, 5.74) is -0.0515. The molecule has 0 amide bonds. The molecule has 4 rings (SSSR count). The first-order valence-corrected chi connectivity index (χ1v) is 10.8. The summed E-state index contributed by atoms with van der Waals surface area (Å²) in [5.74, 6) is 1.70. The van der Waals surface area contributed by atoms with Crippen LogP contribution in [0.3, 0.4) is 0 Å². The van der Waals surface area contributed by atoms with Crippen LogP contribution in [-0.2, 0) is 14.2 Å². The van der Waals surface area contributed by atoms with E-state index in [0.717, 1.165) is 11.8 Å². The Bertz CT molecular complexity index is 430. The number of rotatable bonds is 8. The summed E-state index contributed by atoms with van der Waals surface area (Å²) >= 11 is 0. The highest BCUT2D eigenvalue weighted by atomic mass is 16.6. The van der Waals surface area contributed by atoms with Crippen LogP contribution in [0.4, 0.5) is 0 Å². The predicted molar refractivity (Wildman–Crippen MR) is 99.7 cm³/mol. The van der Waals surface area contributed by atoms with Crippen molar-refractivity contribution in [2.45, 2.75) is 128 Å². The molecular weight excluding hydrogens is 312 g/mol. The molecule has 4 fully saturated rings. The van der Waals surface area contributed by atoms with Crippen molar-refractivity contribution >= 4 is 0 Å². The summed E-state index contributed by atoms with van der Waals surface area (Å²) < 4.78 is 18.0. The lowest BCUT2D eigenvalue weighted by Crippen LogP contribution is -2.38. The van der Waals surface area contributed by atoms with E-state index in [0.29, 0.717) is 24.4 Å². The average Bonchev–Trinajstić information content (AvgIpc) is 3.42. The molecule has 4 aliphatic rings. The zero-order valence-corrected chi connectivity index (χ0v) is 16.8. The second kappa shape index (κ2) is 6.80. The molecular formula is C22H38O3. The van der Waals surface area contributed by atoms with Crippen molar-refractivity contribution in [3.05, 3.63) is 0 Å². The molecule has 2 heterocycles. The van der Waals surface area contributed by atoms with E-state index in [2.05, 4.69) is 27.7 Å². The Morgan fingerprint density at radius 3 is 1.52 bits per heavy atom. The van der Waals surface area contributed by atoms with Crippen LogP contribution in [0.15, 0.2) is 0 Å². The fraction of sp³-hybridized carbons (Fsp3) is 1.00. The Morgan fingerprint density at radius 1 is 0.680 bits per heavy atom. The zero-order valence-electron chi connectivity index (χ0n) is 16.8. The van der Waals surface area contributed by atoms with E-state index in [1.54, 1.807) is 0 Å². The second-order valence-corrected chi connectivity index (χ2v) is 10.5. The summed E-state index contributed by atoms with van der Waals surface area (Å²) in [7, 11) is 0. The van der Waals surface area contributed by atoms with E-state index < -0.39 is 0 Å². The van der Waals surface area contributed by atoms with Gasteiger partial charge in [0.1, 0.15) is 0 Å². The molecule has 6 atom stereocenters. The normalized spacial score (nSPS) is 40.3. The fourth-order valence-corrected chi connectivity index (χ4v) is 5.45. The molecule has 2 aliphatic carbocycles. The van der Waals surface area contributed by atoms with Crippen LogP contribution < -0.4 is 0 Å². The maximum absolute atomic E-state index is 6.62. The maximum atomic E-state index is 6.62. The highest BCUT2D eigenvalue weighted by molar-refractivity contribution is 4.93. The fourth-order valence-electron chi connectivity index (χ4n) is 5.45. The van der Waals surface area contributed by atoms with E-state index >= 15 is 0 Å². The van der Waals surface area contributed by atoms with Crippen molar-refractivity contribution in [3.63, 3.8) is 0 Å². The molecule has 0 bridgehead atoms. The smallest absolute Gasteiger partial charge is 0.0844 e. The van der Waals surface area contributed by atoms with Gasteiger partial charge in [0.15, 0.2) is 0 Å². The first-order chi connectivity index (χ1) is 11.8. The topological polar surface area (TPSA) is 34.3 Å². The minimum absolute atomic E-state index is 0.0258. The van der Waals surface area contributed by atoms with Crippen molar-refractivity contribution in [1.29, 1.82) is 0 Å². The number of epoxide rings is 2. The average molecular weight is 351 g/mol. The summed E-state index contributed by atoms with van der Waals surface area (Å²) in [6, 6.07) is 0. The van der Waals surface area contributed by atoms with Gasteiger partial charge in [-0.05, 0) is 104 Å². The third-order valence-electron chi connectivity index (χ3n) is 7.09. The lowest BCUT2D eigenvalue weighted by Gasteiger charge is -2.38. The van der Waals surface area contributed by atoms with Crippen molar-refractivity contribution in [3.8, 4) is 0 Å². The van der Waals surface area contributed by atoms with Gasteiger partial charge in [-0.15, -0.1) is 0 Å². The molecule has 6 unspecified atom stereocenters. The van der Waals surface area contributed by atoms with E-state index in [1.165, 1.54) is 64.2 Å². The number of hydrogen-bond acceptors (Lipinski definition) is 3. The van der Waals surface area contributed by atoms with E-state index in [-0.39, 0.29) is 11.2 Å². The molecule has 3 nitrogen and oxygen atoms in total. The number of fused-ring (bicyclic) bond motifs is 2. The van der Waals surface area contributed by atoms with Gasteiger partial charge in [0, 0.05) is 0 Å². The number of hydrogen-bond donors (Lipinski definition) is 0. The van der Waals surface area contributed by atoms with Gasteiger partial charge in [-0.2, -0.15) is 0 Å². The molecule has 0 radical (unpaired) electrons. The highest BCUT2D eigenvalue weighted by Crippen LogP contribution is 2.43. The lowest BCUT2D eigenvalue weighted by molar-refractivity contribution is -0.133. The summed E-state index contributed by atoms with van der Waals surface area (Å²) in [5, 5.41) is 0. The summed E-state index contributed by atoms with van der Waals surface area (Å²) in [6.45, 7) is 9.16. The van der Waals surface area contributed by atoms with Gasteiger partial charge in [-0.3, -0.25) is 0 Å². The molecule has 3 heteroatoms. The van der Waals surface area contributed by atoms with Gasteiger partial charge in [-0.1, -0.05) is 0 Å². The van der Waals surface area contributed by atoms with Crippen molar-refractivity contribution in [2.75, 3.05) is 0 Å². The Balaban J connectivity index is 1.18. The predicted octanol–water partition coefficient (Wildman–Crippen LogP) is 5.26. The van der Waals surface area contributed by atoms with E-state index in [4.69, 9.17) is 14.2 Å². The second-order valence-electron chi connectivity index (χ2n) is 10.5. The van der Waals surface area contributed by atoms with Crippen LogP contribution in [-0.4, -0.2) is 35.6 Å². The molecule has 0 N–H and O–H groups in total. The zero-order chi connectivity index (χ0) is 17.7. The van der Waals surface area contributed by atoms with Crippen molar-refractivity contribution < 1.29 is 14.2 Å². The van der Waals surface area contributed by atoms with Crippen LogP contribution in [0.2, 0.25) is 0 Å². The largest absolute Gasteiger partial charge is 0.370 e. The minimum atomic E-state index is -0.0258. The molecule has 0 aromatic carbocycles. The van der Waals surface area contributed by atoms with Gasteiger partial charge >= 0.3 is 0 Å². The highest BCUT2D eigenvalue weighted by Gasteiger charge is 2.45. The third kappa shape index (κ3) is 4.99. The molecule has 0 spiro atoms. The molecule has 25 heavy (non-hydrogen) atoms. The molecule has 2 saturated carbocycles. The Hall–Kier alpha value is -0.120. The SMILES string of the molecule is CC(C)(CCC1CCC2OC2C1)OC(C)(C)CCC1CCC2OC2C1. The first kappa shape index (κ1) is 18.3. The first-order valence-electron chi connectivity index (χ1n) is 10.8. The third-order valence-corrected chi connectivity index (χ3v) is 7.09. The molecule has 2 aliphatic heterocycles. The Labute approximate surface area is 154 Å². The Morgan fingerprint density at radius 2 is 1.12 bits per heavy atom.